The summed E-state index contributed by atoms with van der Waals surface area (Å²) in [5.74, 6) is 1.29. The third-order valence-electron chi connectivity index (χ3n) is 1.85. The van der Waals surface area contributed by atoms with Crippen LogP contribution >= 0.6 is 0 Å². The molecule has 15 heavy (non-hydrogen) atoms. The van der Waals surface area contributed by atoms with Gasteiger partial charge in [-0.15, -0.1) is 0 Å². The van der Waals surface area contributed by atoms with Crippen molar-refractivity contribution in [1.82, 2.24) is 0 Å². The summed E-state index contributed by atoms with van der Waals surface area (Å²) in [7, 11) is 0.500. The SMILES string of the molecule is COc1ccc(C[S@](=O)CC(C)=O)cc1. The number of ether oxygens (including phenoxy) is 1. The van der Waals surface area contributed by atoms with Crippen LogP contribution in [0.2, 0.25) is 0 Å². The van der Waals surface area contributed by atoms with E-state index in [4.69, 9.17) is 4.74 Å². The molecule has 0 aliphatic carbocycles. The van der Waals surface area contributed by atoms with Gasteiger partial charge in [-0.1, -0.05) is 12.1 Å². The molecule has 3 nitrogen and oxygen atoms in total. The number of benzene rings is 1. The molecule has 0 bridgehead atoms. The molecule has 1 rings (SSSR count). The fourth-order valence-corrected chi connectivity index (χ4v) is 2.31. The maximum Gasteiger partial charge on any atom is 0.142 e. The van der Waals surface area contributed by atoms with E-state index in [1.54, 1.807) is 7.11 Å². The first-order valence-corrected chi connectivity index (χ1v) is 6.08. The molecule has 0 heterocycles. The van der Waals surface area contributed by atoms with Crippen LogP contribution in [-0.4, -0.2) is 22.9 Å². The molecule has 0 fully saturated rings. The van der Waals surface area contributed by atoms with E-state index in [-0.39, 0.29) is 11.5 Å². The van der Waals surface area contributed by atoms with Crippen molar-refractivity contribution in [3.8, 4) is 5.75 Å². The van der Waals surface area contributed by atoms with Gasteiger partial charge in [-0.2, -0.15) is 0 Å². The monoisotopic (exact) mass is 226 g/mol. The minimum Gasteiger partial charge on any atom is -0.497 e. The van der Waals surface area contributed by atoms with Crippen LogP contribution in [0.15, 0.2) is 24.3 Å². The fraction of sp³-hybridized carbons (Fsp3) is 0.364. The first-order valence-electron chi connectivity index (χ1n) is 4.59. The molecule has 0 aliphatic heterocycles. The van der Waals surface area contributed by atoms with Crippen LogP contribution in [0.5, 0.6) is 5.75 Å². The second-order valence-electron chi connectivity index (χ2n) is 3.28. The van der Waals surface area contributed by atoms with Gasteiger partial charge in [-0.05, 0) is 24.6 Å². The standard InChI is InChI=1S/C11H14O3S/c1-9(12)7-15(13)8-10-3-5-11(14-2)6-4-10/h3-6H,7-8H2,1-2H3/t15-/m1/s1. The summed E-state index contributed by atoms with van der Waals surface area (Å²) in [5.41, 5.74) is 0.954. The highest BCUT2D eigenvalue weighted by molar-refractivity contribution is 7.84. The summed E-state index contributed by atoms with van der Waals surface area (Å²) in [5, 5.41) is 0. The number of carbonyl (C=O) groups excluding carboxylic acids is 1. The molecular formula is C11H14O3S. The topological polar surface area (TPSA) is 43.4 Å². The number of Topliss-reactive ketones (excluding diaryl/α,β-unsaturated/α-hetero) is 1. The van der Waals surface area contributed by atoms with Gasteiger partial charge in [0.05, 0.1) is 12.9 Å². The predicted molar refractivity (Wildman–Crippen MR) is 60.4 cm³/mol. The zero-order valence-corrected chi connectivity index (χ0v) is 9.67. The Morgan fingerprint density at radius 3 is 2.40 bits per heavy atom. The van der Waals surface area contributed by atoms with Gasteiger partial charge in [0.1, 0.15) is 11.5 Å². The summed E-state index contributed by atoms with van der Waals surface area (Å²) in [6.07, 6.45) is 0. The lowest BCUT2D eigenvalue weighted by molar-refractivity contribution is -0.114. The van der Waals surface area contributed by atoms with E-state index in [2.05, 4.69) is 0 Å². The Kier molecular flexibility index (Phi) is 4.49. The first-order chi connectivity index (χ1) is 7.11. The molecule has 1 aromatic rings. The summed E-state index contributed by atoms with van der Waals surface area (Å²) in [4.78, 5) is 10.7. The van der Waals surface area contributed by atoms with Gasteiger partial charge in [-0.3, -0.25) is 9.00 Å². The quantitative estimate of drug-likeness (QED) is 0.764. The Hall–Kier alpha value is -1.16. The normalized spacial score (nSPS) is 12.1. The smallest absolute Gasteiger partial charge is 0.142 e. The van der Waals surface area contributed by atoms with Gasteiger partial charge in [-0.25, -0.2) is 0 Å². The lowest BCUT2D eigenvalue weighted by atomic mass is 10.2. The van der Waals surface area contributed by atoms with Crippen molar-refractivity contribution in [1.29, 1.82) is 0 Å². The molecule has 0 radical (unpaired) electrons. The Balaban J connectivity index is 2.57. The van der Waals surface area contributed by atoms with Crippen LogP contribution in [0.1, 0.15) is 12.5 Å². The highest BCUT2D eigenvalue weighted by atomic mass is 32.2. The molecule has 0 unspecified atom stereocenters. The molecule has 4 heteroatoms. The van der Waals surface area contributed by atoms with Crippen molar-refractivity contribution in [2.24, 2.45) is 0 Å². The molecular weight excluding hydrogens is 212 g/mol. The summed E-state index contributed by atoms with van der Waals surface area (Å²) < 4.78 is 16.4. The van der Waals surface area contributed by atoms with Crippen molar-refractivity contribution in [2.75, 3.05) is 12.9 Å². The van der Waals surface area contributed by atoms with E-state index < -0.39 is 10.8 Å². The lowest BCUT2D eigenvalue weighted by Gasteiger charge is -2.02. The van der Waals surface area contributed by atoms with Crippen molar-refractivity contribution in [3.05, 3.63) is 29.8 Å². The van der Waals surface area contributed by atoms with E-state index in [0.717, 1.165) is 11.3 Å². The number of methoxy groups -OCH3 is 1. The third-order valence-corrected chi connectivity index (χ3v) is 3.23. The number of carbonyl (C=O) groups is 1. The summed E-state index contributed by atoms with van der Waals surface area (Å²) in [6.45, 7) is 1.45. The molecule has 1 aromatic carbocycles. The third kappa shape index (κ3) is 4.25. The van der Waals surface area contributed by atoms with E-state index in [1.807, 2.05) is 24.3 Å². The zero-order chi connectivity index (χ0) is 11.3. The highest BCUT2D eigenvalue weighted by Crippen LogP contribution is 2.12. The Bertz CT molecular complexity index is 357. The number of ketones is 1. The van der Waals surface area contributed by atoms with Crippen LogP contribution < -0.4 is 4.74 Å². The lowest BCUT2D eigenvalue weighted by Crippen LogP contribution is -2.08. The van der Waals surface area contributed by atoms with Crippen molar-refractivity contribution in [2.45, 2.75) is 12.7 Å². The van der Waals surface area contributed by atoms with Crippen LogP contribution in [0.25, 0.3) is 0 Å². The van der Waals surface area contributed by atoms with Crippen molar-refractivity contribution >= 4 is 16.6 Å². The summed E-state index contributed by atoms with van der Waals surface area (Å²) >= 11 is 0. The molecule has 0 N–H and O–H groups in total. The molecule has 1 atom stereocenters. The molecule has 0 aromatic heterocycles. The van der Waals surface area contributed by atoms with E-state index in [9.17, 15) is 9.00 Å². The molecule has 0 saturated heterocycles. The zero-order valence-electron chi connectivity index (χ0n) is 8.86. The Labute approximate surface area is 91.9 Å². The van der Waals surface area contributed by atoms with E-state index in [1.165, 1.54) is 6.92 Å². The predicted octanol–water partition coefficient (Wildman–Crippen LogP) is 1.53. The van der Waals surface area contributed by atoms with Gasteiger partial charge in [0.25, 0.3) is 0 Å². The molecule has 0 aliphatic rings. The van der Waals surface area contributed by atoms with Gasteiger partial charge in [0.2, 0.25) is 0 Å². The maximum atomic E-state index is 11.4. The average Bonchev–Trinajstić information content (AvgIpc) is 2.17. The number of hydrogen-bond acceptors (Lipinski definition) is 3. The summed E-state index contributed by atoms with van der Waals surface area (Å²) in [6, 6.07) is 7.36. The van der Waals surface area contributed by atoms with Crippen LogP contribution in [-0.2, 0) is 21.3 Å². The van der Waals surface area contributed by atoms with Gasteiger partial charge in [0.15, 0.2) is 0 Å². The van der Waals surface area contributed by atoms with E-state index in [0.29, 0.717) is 5.75 Å². The first kappa shape index (κ1) is 11.9. The van der Waals surface area contributed by atoms with Gasteiger partial charge < -0.3 is 4.74 Å². The van der Waals surface area contributed by atoms with Crippen LogP contribution in [0, 0.1) is 0 Å². The van der Waals surface area contributed by atoms with Crippen LogP contribution in [0.4, 0.5) is 0 Å². The van der Waals surface area contributed by atoms with Crippen LogP contribution in [0.3, 0.4) is 0 Å². The van der Waals surface area contributed by atoms with Gasteiger partial charge in [0, 0.05) is 16.6 Å². The minimum absolute atomic E-state index is 0.0400. The molecule has 0 amide bonds. The highest BCUT2D eigenvalue weighted by Gasteiger charge is 2.04. The van der Waals surface area contributed by atoms with Gasteiger partial charge >= 0.3 is 0 Å². The molecule has 82 valence electrons. The average molecular weight is 226 g/mol. The second kappa shape index (κ2) is 5.66. The second-order valence-corrected chi connectivity index (χ2v) is 4.74. The number of hydrogen-bond donors (Lipinski definition) is 0. The maximum absolute atomic E-state index is 11.4. The number of rotatable bonds is 5. The molecule has 0 spiro atoms. The minimum atomic E-state index is -1.10. The largest absolute Gasteiger partial charge is 0.497 e. The molecule has 0 saturated carbocycles. The van der Waals surface area contributed by atoms with E-state index >= 15 is 0 Å². The Morgan fingerprint density at radius 1 is 1.33 bits per heavy atom. The van der Waals surface area contributed by atoms with Crippen molar-refractivity contribution < 1.29 is 13.7 Å². The fourth-order valence-electron chi connectivity index (χ4n) is 1.19. The Morgan fingerprint density at radius 2 is 1.93 bits per heavy atom. The van der Waals surface area contributed by atoms with Crippen molar-refractivity contribution in [3.63, 3.8) is 0 Å².